The molecular formula is C11H18N2. The molecule has 0 bridgehead atoms. The molecule has 1 aromatic carbocycles. The molecule has 0 aliphatic carbocycles. The van der Waals surface area contributed by atoms with Crippen molar-refractivity contribution in [1.82, 2.24) is 0 Å². The predicted molar refractivity (Wildman–Crippen MR) is 59.3 cm³/mol. The van der Waals surface area contributed by atoms with Crippen molar-refractivity contribution in [1.29, 1.82) is 0 Å². The molecule has 0 saturated carbocycles. The normalized spacial score (nSPS) is 10.2. The largest absolute Gasteiger partial charge is 0.386 e. The number of hydrogen-bond acceptors (Lipinski definition) is 2. The molecule has 1 rings (SSSR count). The summed E-state index contributed by atoms with van der Waals surface area (Å²) >= 11 is 0. The average Bonchev–Trinajstić information content (AvgIpc) is 2.15. The minimum atomic E-state index is 0.671. The van der Waals surface area contributed by atoms with Gasteiger partial charge in [-0.1, -0.05) is 26.0 Å². The van der Waals surface area contributed by atoms with Crippen molar-refractivity contribution in [3.05, 3.63) is 24.3 Å². The van der Waals surface area contributed by atoms with Crippen LogP contribution in [0.5, 0.6) is 0 Å². The first-order valence-corrected chi connectivity index (χ1v) is 4.74. The lowest BCUT2D eigenvalue weighted by atomic mass is 10.2. The third kappa shape index (κ3) is 2.98. The Kier molecular flexibility index (Phi) is 3.62. The van der Waals surface area contributed by atoms with Crippen molar-refractivity contribution in [3.63, 3.8) is 0 Å². The van der Waals surface area contributed by atoms with Crippen molar-refractivity contribution in [2.45, 2.75) is 13.8 Å². The lowest BCUT2D eigenvalue weighted by molar-refractivity contribution is 0.689. The maximum absolute atomic E-state index is 3.40. The van der Waals surface area contributed by atoms with Crippen molar-refractivity contribution in [2.75, 3.05) is 24.2 Å². The van der Waals surface area contributed by atoms with Gasteiger partial charge in [0.1, 0.15) is 0 Å². The number of rotatable bonds is 4. The van der Waals surface area contributed by atoms with E-state index in [0.29, 0.717) is 5.92 Å². The molecule has 2 heteroatoms. The van der Waals surface area contributed by atoms with Gasteiger partial charge in [-0.15, -0.1) is 0 Å². The van der Waals surface area contributed by atoms with E-state index >= 15 is 0 Å². The summed E-state index contributed by atoms with van der Waals surface area (Å²) in [7, 11) is 1.94. The standard InChI is InChI=1S/C11H18N2/c1-9(2)8-13-11-7-5-4-6-10(11)12-3/h4-7,9,12-13H,8H2,1-3H3. The van der Waals surface area contributed by atoms with Crippen LogP contribution in [0.4, 0.5) is 11.4 Å². The highest BCUT2D eigenvalue weighted by Gasteiger charge is 1.98. The van der Waals surface area contributed by atoms with E-state index in [1.165, 1.54) is 5.69 Å². The van der Waals surface area contributed by atoms with Crippen LogP contribution in [0.15, 0.2) is 24.3 Å². The molecule has 0 aromatic heterocycles. The minimum absolute atomic E-state index is 0.671. The van der Waals surface area contributed by atoms with Gasteiger partial charge in [0.15, 0.2) is 0 Å². The lowest BCUT2D eigenvalue weighted by Crippen LogP contribution is -2.09. The molecule has 72 valence electrons. The zero-order valence-electron chi connectivity index (χ0n) is 8.59. The van der Waals surface area contributed by atoms with Gasteiger partial charge in [-0.2, -0.15) is 0 Å². The summed E-state index contributed by atoms with van der Waals surface area (Å²) in [6.07, 6.45) is 0. The Morgan fingerprint density at radius 3 is 2.31 bits per heavy atom. The number of anilines is 2. The Morgan fingerprint density at radius 2 is 1.77 bits per heavy atom. The Labute approximate surface area is 80.4 Å². The van der Waals surface area contributed by atoms with Crippen LogP contribution in [0.25, 0.3) is 0 Å². The number of nitrogens with one attached hydrogen (secondary N) is 2. The van der Waals surface area contributed by atoms with Gasteiger partial charge in [0.25, 0.3) is 0 Å². The van der Waals surface area contributed by atoms with Gasteiger partial charge in [0, 0.05) is 13.6 Å². The number of hydrogen-bond donors (Lipinski definition) is 2. The number of para-hydroxylation sites is 2. The highest BCUT2D eigenvalue weighted by Crippen LogP contribution is 2.19. The van der Waals surface area contributed by atoms with Gasteiger partial charge in [0.2, 0.25) is 0 Å². The molecule has 0 unspecified atom stereocenters. The van der Waals surface area contributed by atoms with Gasteiger partial charge in [-0.05, 0) is 18.1 Å². The van der Waals surface area contributed by atoms with E-state index in [-0.39, 0.29) is 0 Å². The summed E-state index contributed by atoms with van der Waals surface area (Å²) in [4.78, 5) is 0. The van der Waals surface area contributed by atoms with Gasteiger partial charge in [-0.3, -0.25) is 0 Å². The second-order valence-electron chi connectivity index (χ2n) is 3.57. The predicted octanol–water partition coefficient (Wildman–Crippen LogP) is 2.80. The highest BCUT2D eigenvalue weighted by atomic mass is 14.9. The molecule has 0 radical (unpaired) electrons. The monoisotopic (exact) mass is 178 g/mol. The third-order valence-electron chi connectivity index (χ3n) is 1.90. The van der Waals surface area contributed by atoms with E-state index in [2.05, 4.69) is 36.6 Å². The molecule has 0 fully saturated rings. The smallest absolute Gasteiger partial charge is 0.0575 e. The molecule has 0 saturated heterocycles. The first-order valence-electron chi connectivity index (χ1n) is 4.74. The Hall–Kier alpha value is -1.18. The van der Waals surface area contributed by atoms with Crippen LogP contribution in [0.1, 0.15) is 13.8 Å². The van der Waals surface area contributed by atoms with Crippen molar-refractivity contribution < 1.29 is 0 Å². The van der Waals surface area contributed by atoms with Crippen LogP contribution >= 0.6 is 0 Å². The Bertz CT molecular complexity index is 256. The molecule has 0 aliphatic rings. The summed E-state index contributed by atoms with van der Waals surface area (Å²) in [5.74, 6) is 0.671. The van der Waals surface area contributed by atoms with Crippen molar-refractivity contribution in [2.24, 2.45) is 5.92 Å². The van der Waals surface area contributed by atoms with Crippen LogP contribution in [0, 0.1) is 5.92 Å². The van der Waals surface area contributed by atoms with E-state index in [0.717, 1.165) is 12.2 Å². The first-order chi connectivity index (χ1) is 6.24. The van der Waals surface area contributed by atoms with Gasteiger partial charge in [0.05, 0.1) is 11.4 Å². The quantitative estimate of drug-likeness (QED) is 0.740. The van der Waals surface area contributed by atoms with Crippen LogP contribution in [0.3, 0.4) is 0 Å². The topological polar surface area (TPSA) is 24.1 Å². The maximum atomic E-state index is 3.40. The van der Waals surface area contributed by atoms with Crippen LogP contribution in [-0.2, 0) is 0 Å². The van der Waals surface area contributed by atoms with Crippen molar-refractivity contribution in [3.8, 4) is 0 Å². The van der Waals surface area contributed by atoms with Gasteiger partial charge >= 0.3 is 0 Å². The molecule has 1 aromatic rings. The zero-order chi connectivity index (χ0) is 9.68. The summed E-state index contributed by atoms with van der Waals surface area (Å²) in [5.41, 5.74) is 2.34. The fourth-order valence-corrected chi connectivity index (χ4v) is 1.17. The minimum Gasteiger partial charge on any atom is -0.386 e. The van der Waals surface area contributed by atoms with Crippen LogP contribution in [0.2, 0.25) is 0 Å². The summed E-state index contributed by atoms with van der Waals surface area (Å²) in [6, 6.07) is 8.24. The number of benzene rings is 1. The SMILES string of the molecule is CNc1ccccc1NCC(C)C. The average molecular weight is 178 g/mol. The molecule has 0 atom stereocenters. The summed E-state index contributed by atoms with van der Waals surface area (Å²) < 4.78 is 0. The molecule has 0 aliphatic heterocycles. The van der Waals surface area contributed by atoms with Crippen molar-refractivity contribution >= 4 is 11.4 Å². The summed E-state index contributed by atoms with van der Waals surface area (Å²) in [6.45, 7) is 5.42. The van der Waals surface area contributed by atoms with Gasteiger partial charge < -0.3 is 10.6 Å². The van der Waals surface area contributed by atoms with E-state index in [1.54, 1.807) is 0 Å². The molecule has 0 spiro atoms. The fraction of sp³-hybridized carbons (Fsp3) is 0.455. The molecule has 0 heterocycles. The second-order valence-corrected chi connectivity index (χ2v) is 3.57. The van der Waals surface area contributed by atoms with Gasteiger partial charge in [-0.25, -0.2) is 0 Å². The molecule has 13 heavy (non-hydrogen) atoms. The van der Waals surface area contributed by atoms with E-state index in [1.807, 2.05) is 19.2 Å². The highest BCUT2D eigenvalue weighted by molar-refractivity contribution is 5.68. The summed E-state index contributed by atoms with van der Waals surface area (Å²) in [5, 5.41) is 6.56. The molecule has 2 nitrogen and oxygen atoms in total. The third-order valence-corrected chi connectivity index (χ3v) is 1.90. The van der Waals surface area contributed by atoms with E-state index < -0.39 is 0 Å². The Balaban J connectivity index is 2.64. The molecular weight excluding hydrogens is 160 g/mol. The van der Waals surface area contributed by atoms with Crippen LogP contribution in [-0.4, -0.2) is 13.6 Å². The lowest BCUT2D eigenvalue weighted by Gasteiger charge is -2.12. The van der Waals surface area contributed by atoms with E-state index in [4.69, 9.17) is 0 Å². The van der Waals surface area contributed by atoms with Crippen LogP contribution < -0.4 is 10.6 Å². The van der Waals surface area contributed by atoms with E-state index in [9.17, 15) is 0 Å². The molecule has 0 amide bonds. The Morgan fingerprint density at radius 1 is 1.15 bits per heavy atom. The second kappa shape index (κ2) is 4.75. The molecule has 2 N–H and O–H groups in total. The maximum Gasteiger partial charge on any atom is 0.0575 e. The fourth-order valence-electron chi connectivity index (χ4n) is 1.17. The zero-order valence-corrected chi connectivity index (χ0v) is 8.59. The first kappa shape index (κ1) is 9.90.